The maximum Gasteiger partial charge on any atom is 0.0402 e. The van der Waals surface area contributed by atoms with Crippen LogP contribution in [0.1, 0.15) is 70.3 Å². The van der Waals surface area contributed by atoms with E-state index < -0.39 is 0 Å². The second-order valence-electron chi connectivity index (χ2n) is 8.28. The minimum absolute atomic E-state index is 0. The number of piperazine rings is 1. The molecule has 3 heteroatoms. The van der Waals surface area contributed by atoms with Crippen LogP contribution < -0.4 is 4.90 Å². The summed E-state index contributed by atoms with van der Waals surface area (Å²) in [6.07, 6.45) is 9.95. The van der Waals surface area contributed by atoms with Crippen molar-refractivity contribution < 1.29 is 0 Å². The summed E-state index contributed by atoms with van der Waals surface area (Å²) < 4.78 is 0. The predicted molar refractivity (Wildman–Crippen MR) is 112 cm³/mol. The van der Waals surface area contributed by atoms with Gasteiger partial charge in [-0.3, -0.25) is 4.90 Å². The van der Waals surface area contributed by atoms with Crippen LogP contribution in [-0.2, 0) is 0 Å². The molecule has 0 N–H and O–H groups in total. The monoisotopic (exact) mass is 364 g/mol. The molecule has 142 valence electrons. The Morgan fingerprint density at radius 1 is 0.880 bits per heavy atom. The lowest BCUT2D eigenvalue weighted by molar-refractivity contribution is 0.231. The van der Waals surface area contributed by atoms with E-state index in [1.54, 1.807) is 5.56 Å². The SMILES string of the molecule is CC(C)CN1CCN(c2ccccc2C2CCCCCCC2)CC1.Cl. The van der Waals surface area contributed by atoms with E-state index in [9.17, 15) is 0 Å². The molecule has 3 rings (SSSR count). The van der Waals surface area contributed by atoms with Gasteiger partial charge in [-0.2, -0.15) is 0 Å². The van der Waals surface area contributed by atoms with E-state index in [1.807, 2.05) is 0 Å². The molecular weight excluding hydrogens is 328 g/mol. The number of anilines is 1. The van der Waals surface area contributed by atoms with Crippen molar-refractivity contribution in [3.63, 3.8) is 0 Å². The lowest BCUT2D eigenvalue weighted by Gasteiger charge is -2.38. The molecule has 0 spiro atoms. The number of para-hydroxylation sites is 1. The molecule has 0 bridgehead atoms. The summed E-state index contributed by atoms with van der Waals surface area (Å²) in [6.45, 7) is 10.7. The van der Waals surface area contributed by atoms with Crippen LogP contribution in [0.4, 0.5) is 5.69 Å². The van der Waals surface area contributed by atoms with Crippen LogP contribution in [-0.4, -0.2) is 37.6 Å². The maximum atomic E-state index is 2.66. The first-order chi connectivity index (χ1) is 11.7. The van der Waals surface area contributed by atoms with Crippen molar-refractivity contribution in [3.8, 4) is 0 Å². The second kappa shape index (κ2) is 10.4. The fraction of sp³-hybridized carbons (Fsp3) is 0.727. The molecule has 1 saturated carbocycles. The van der Waals surface area contributed by atoms with Crippen LogP contribution in [0.5, 0.6) is 0 Å². The highest BCUT2D eigenvalue weighted by Crippen LogP contribution is 2.36. The average molecular weight is 365 g/mol. The highest BCUT2D eigenvalue weighted by atomic mass is 35.5. The minimum Gasteiger partial charge on any atom is -0.369 e. The Kier molecular flexibility index (Phi) is 8.58. The number of hydrogen-bond acceptors (Lipinski definition) is 2. The van der Waals surface area contributed by atoms with Crippen molar-refractivity contribution in [2.75, 3.05) is 37.6 Å². The third kappa shape index (κ3) is 5.89. The highest BCUT2D eigenvalue weighted by molar-refractivity contribution is 5.85. The molecule has 1 aromatic rings. The van der Waals surface area contributed by atoms with Gasteiger partial charge in [0.15, 0.2) is 0 Å². The van der Waals surface area contributed by atoms with E-state index in [0.29, 0.717) is 0 Å². The van der Waals surface area contributed by atoms with Gasteiger partial charge in [-0.25, -0.2) is 0 Å². The van der Waals surface area contributed by atoms with Gasteiger partial charge in [0.2, 0.25) is 0 Å². The molecule has 1 aromatic carbocycles. The Hall–Kier alpha value is -0.730. The number of halogens is 1. The topological polar surface area (TPSA) is 6.48 Å². The highest BCUT2D eigenvalue weighted by Gasteiger charge is 2.22. The van der Waals surface area contributed by atoms with Crippen LogP contribution in [0.25, 0.3) is 0 Å². The van der Waals surface area contributed by atoms with Crippen molar-refractivity contribution in [1.29, 1.82) is 0 Å². The summed E-state index contributed by atoms with van der Waals surface area (Å²) in [5.41, 5.74) is 3.17. The normalized spacial score (nSPS) is 20.8. The summed E-state index contributed by atoms with van der Waals surface area (Å²) in [5, 5.41) is 0. The standard InChI is InChI=1S/C22H36N2.ClH/c1-19(2)18-23-14-16-24(17-15-23)22-13-9-8-12-21(22)20-10-6-4-3-5-7-11-20;/h8-9,12-13,19-20H,3-7,10-11,14-18H2,1-2H3;1H. The predicted octanol–water partition coefficient (Wildman–Crippen LogP) is 5.71. The molecule has 0 amide bonds. The largest absolute Gasteiger partial charge is 0.369 e. The van der Waals surface area contributed by atoms with E-state index in [2.05, 4.69) is 47.9 Å². The van der Waals surface area contributed by atoms with Crippen molar-refractivity contribution in [2.45, 2.75) is 64.7 Å². The van der Waals surface area contributed by atoms with Gasteiger partial charge in [0, 0.05) is 38.4 Å². The molecule has 25 heavy (non-hydrogen) atoms. The molecule has 1 heterocycles. The van der Waals surface area contributed by atoms with Crippen molar-refractivity contribution in [1.82, 2.24) is 4.90 Å². The van der Waals surface area contributed by atoms with Crippen molar-refractivity contribution in [3.05, 3.63) is 29.8 Å². The van der Waals surface area contributed by atoms with E-state index in [4.69, 9.17) is 0 Å². The fourth-order valence-electron chi connectivity index (χ4n) is 4.58. The zero-order valence-corrected chi connectivity index (χ0v) is 17.1. The summed E-state index contributed by atoms with van der Waals surface area (Å²) in [7, 11) is 0. The Bertz CT molecular complexity index is 487. The summed E-state index contributed by atoms with van der Waals surface area (Å²) in [5.74, 6) is 1.56. The molecule has 1 saturated heterocycles. The van der Waals surface area contributed by atoms with E-state index in [-0.39, 0.29) is 12.4 Å². The fourth-order valence-corrected chi connectivity index (χ4v) is 4.58. The zero-order valence-electron chi connectivity index (χ0n) is 16.3. The van der Waals surface area contributed by atoms with Crippen molar-refractivity contribution >= 4 is 18.1 Å². The molecular formula is C22H37ClN2. The Labute approximate surface area is 161 Å². The number of hydrogen-bond donors (Lipinski definition) is 0. The summed E-state index contributed by atoms with van der Waals surface area (Å²) >= 11 is 0. The van der Waals surface area contributed by atoms with E-state index >= 15 is 0 Å². The third-order valence-electron chi connectivity index (χ3n) is 5.82. The average Bonchev–Trinajstić information content (AvgIpc) is 2.55. The summed E-state index contributed by atoms with van der Waals surface area (Å²) in [6, 6.07) is 9.29. The van der Waals surface area contributed by atoms with Crippen LogP contribution in [0.2, 0.25) is 0 Å². The minimum atomic E-state index is 0. The van der Waals surface area contributed by atoms with Gasteiger partial charge >= 0.3 is 0 Å². The molecule has 1 aliphatic heterocycles. The van der Waals surface area contributed by atoms with Crippen LogP contribution in [0.15, 0.2) is 24.3 Å². The first kappa shape index (κ1) is 20.6. The van der Waals surface area contributed by atoms with E-state index in [0.717, 1.165) is 11.8 Å². The second-order valence-corrected chi connectivity index (χ2v) is 8.28. The number of nitrogens with zero attached hydrogens (tertiary/aromatic N) is 2. The number of benzene rings is 1. The van der Waals surface area contributed by atoms with Gasteiger partial charge < -0.3 is 4.90 Å². The third-order valence-corrected chi connectivity index (χ3v) is 5.82. The van der Waals surface area contributed by atoms with Crippen LogP contribution >= 0.6 is 12.4 Å². The Balaban J connectivity index is 0.00000225. The first-order valence-corrected chi connectivity index (χ1v) is 10.3. The van der Waals surface area contributed by atoms with Crippen LogP contribution in [0, 0.1) is 5.92 Å². The molecule has 2 fully saturated rings. The van der Waals surface area contributed by atoms with Gasteiger partial charge in [-0.15, -0.1) is 12.4 Å². The first-order valence-electron chi connectivity index (χ1n) is 10.3. The Morgan fingerprint density at radius 2 is 1.48 bits per heavy atom. The zero-order chi connectivity index (χ0) is 16.8. The molecule has 0 atom stereocenters. The van der Waals surface area contributed by atoms with Crippen molar-refractivity contribution in [2.24, 2.45) is 5.92 Å². The molecule has 0 radical (unpaired) electrons. The molecule has 1 aliphatic carbocycles. The lowest BCUT2D eigenvalue weighted by Crippen LogP contribution is -2.47. The molecule has 2 aliphatic rings. The number of rotatable bonds is 4. The molecule has 2 nitrogen and oxygen atoms in total. The Morgan fingerprint density at radius 3 is 2.12 bits per heavy atom. The maximum absolute atomic E-state index is 2.66. The quantitative estimate of drug-likeness (QED) is 0.674. The molecule has 0 aromatic heterocycles. The van der Waals surface area contributed by atoms with Gasteiger partial charge in [-0.1, -0.05) is 64.2 Å². The van der Waals surface area contributed by atoms with Gasteiger partial charge in [-0.05, 0) is 36.3 Å². The lowest BCUT2D eigenvalue weighted by atomic mass is 9.85. The molecule has 0 unspecified atom stereocenters. The summed E-state index contributed by atoms with van der Waals surface area (Å²) in [4.78, 5) is 5.30. The smallest absolute Gasteiger partial charge is 0.0402 e. The van der Waals surface area contributed by atoms with Gasteiger partial charge in [0.25, 0.3) is 0 Å². The van der Waals surface area contributed by atoms with Crippen LogP contribution in [0.3, 0.4) is 0 Å². The van der Waals surface area contributed by atoms with E-state index in [1.165, 1.54) is 83.4 Å². The van der Waals surface area contributed by atoms with Gasteiger partial charge in [0.1, 0.15) is 0 Å². The van der Waals surface area contributed by atoms with Gasteiger partial charge in [0.05, 0.1) is 0 Å².